The number of hydrogen-bond donors (Lipinski definition) is 2. The van der Waals surface area contributed by atoms with Gasteiger partial charge in [0.25, 0.3) is 5.56 Å². The molecule has 1 aliphatic rings. The quantitative estimate of drug-likeness (QED) is 0.610. The van der Waals surface area contributed by atoms with Crippen LogP contribution in [0.1, 0.15) is 55.7 Å². The van der Waals surface area contributed by atoms with Crippen molar-refractivity contribution in [3.8, 4) is 5.88 Å². The second kappa shape index (κ2) is 8.04. The summed E-state index contributed by atoms with van der Waals surface area (Å²) in [5.74, 6) is -0.517. The molecule has 1 heterocycles. The topological polar surface area (TPSA) is 87.5 Å². The zero-order chi connectivity index (χ0) is 20.3. The molecule has 1 aliphatic carbocycles. The first kappa shape index (κ1) is 19.9. The summed E-state index contributed by atoms with van der Waals surface area (Å²) in [6.07, 6.45) is 1.76. The molecule has 0 radical (unpaired) electrons. The van der Waals surface area contributed by atoms with Gasteiger partial charge in [-0.15, -0.1) is 0 Å². The number of H-pyrrole nitrogens is 1. The molecular formula is C19H20F3N3O3. The first-order chi connectivity index (χ1) is 13.3. The van der Waals surface area contributed by atoms with E-state index in [1.54, 1.807) is 0 Å². The molecule has 1 aromatic carbocycles. The number of aromatic hydroxyl groups is 1. The van der Waals surface area contributed by atoms with Crippen molar-refractivity contribution in [3.05, 3.63) is 56.2 Å². The van der Waals surface area contributed by atoms with E-state index in [-0.39, 0.29) is 17.3 Å². The van der Waals surface area contributed by atoms with E-state index in [2.05, 4.69) is 9.98 Å². The van der Waals surface area contributed by atoms with E-state index in [0.717, 1.165) is 48.6 Å². The Morgan fingerprint density at radius 2 is 1.82 bits per heavy atom. The van der Waals surface area contributed by atoms with Crippen LogP contribution < -0.4 is 11.2 Å². The number of hydrogen-bond acceptors (Lipinski definition) is 4. The predicted octanol–water partition coefficient (Wildman–Crippen LogP) is 3.91. The van der Waals surface area contributed by atoms with E-state index >= 15 is 0 Å². The third-order valence-electron chi connectivity index (χ3n) is 4.86. The van der Waals surface area contributed by atoms with Crippen LogP contribution in [0.3, 0.4) is 0 Å². The summed E-state index contributed by atoms with van der Waals surface area (Å²) in [6, 6.07) is 4.05. The SMILES string of the molecule is O=c1[nH]c(=O)n(C2CCCCCC2)c(O)c1C=Nc1cccc(C(F)(F)F)c1. The summed E-state index contributed by atoms with van der Waals surface area (Å²) in [5.41, 5.74) is -2.71. The first-order valence-electron chi connectivity index (χ1n) is 9.06. The first-order valence-corrected chi connectivity index (χ1v) is 9.06. The highest BCUT2D eigenvalue weighted by molar-refractivity contribution is 5.84. The molecule has 0 bridgehead atoms. The lowest BCUT2D eigenvalue weighted by molar-refractivity contribution is -0.137. The van der Waals surface area contributed by atoms with Gasteiger partial charge in [-0.05, 0) is 31.0 Å². The zero-order valence-corrected chi connectivity index (χ0v) is 15.0. The second-order valence-corrected chi connectivity index (χ2v) is 6.82. The second-order valence-electron chi connectivity index (χ2n) is 6.82. The van der Waals surface area contributed by atoms with Gasteiger partial charge in [0.15, 0.2) is 0 Å². The maximum absolute atomic E-state index is 12.8. The van der Waals surface area contributed by atoms with Crippen LogP contribution >= 0.6 is 0 Å². The lowest BCUT2D eigenvalue weighted by Crippen LogP contribution is -2.34. The van der Waals surface area contributed by atoms with Gasteiger partial charge in [-0.1, -0.05) is 31.7 Å². The van der Waals surface area contributed by atoms with Gasteiger partial charge in [0.05, 0.1) is 11.3 Å². The van der Waals surface area contributed by atoms with Crippen molar-refractivity contribution >= 4 is 11.9 Å². The van der Waals surface area contributed by atoms with Crippen LogP contribution in [0.4, 0.5) is 18.9 Å². The number of halogens is 3. The van der Waals surface area contributed by atoms with Crippen LogP contribution in [0.15, 0.2) is 38.8 Å². The Morgan fingerprint density at radius 3 is 2.46 bits per heavy atom. The van der Waals surface area contributed by atoms with Crippen LogP contribution in [0, 0.1) is 0 Å². The number of aliphatic imine (C=N–C) groups is 1. The molecule has 6 nitrogen and oxygen atoms in total. The molecule has 0 amide bonds. The molecule has 0 saturated heterocycles. The van der Waals surface area contributed by atoms with E-state index in [0.29, 0.717) is 12.8 Å². The molecule has 2 aromatic rings. The third kappa shape index (κ3) is 4.35. The molecule has 150 valence electrons. The number of aromatic nitrogens is 2. The number of alkyl halides is 3. The monoisotopic (exact) mass is 395 g/mol. The number of nitrogens with zero attached hydrogens (tertiary/aromatic N) is 2. The Labute approximate surface area is 158 Å². The molecule has 0 atom stereocenters. The van der Waals surface area contributed by atoms with Crippen molar-refractivity contribution < 1.29 is 18.3 Å². The van der Waals surface area contributed by atoms with Gasteiger partial charge in [0, 0.05) is 12.3 Å². The van der Waals surface area contributed by atoms with Gasteiger partial charge >= 0.3 is 11.9 Å². The zero-order valence-electron chi connectivity index (χ0n) is 15.0. The summed E-state index contributed by atoms with van der Waals surface area (Å²) in [6.45, 7) is 0. The number of nitrogens with one attached hydrogen (secondary N) is 1. The lowest BCUT2D eigenvalue weighted by atomic mass is 10.1. The maximum atomic E-state index is 12.8. The van der Waals surface area contributed by atoms with E-state index in [4.69, 9.17) is 0 Å². The molecule has 3 rings (SSSR count). The van der Waals surface area contributed by atoms with E-state index in [1.807, 2.05) is 0 Å². The summed E-state index contributed by atoms with van der Waals surface area (Å²) in [4.78, 5) is 30.4. The Bertz CT molecular complexity index is 984. The fourth-order valence-corrected chi connectivity index (χ4v) is 3.42. The molecule has 28 heavy (non-hydrogen) atoms. The van der Waals surface area contributed by atoms with Crippen LogP contribution in [-0.2, 0) is 6.18 Å². The Balaban J connectivity index is 1.98. The molecular weight excluding hydrogens is 375 g/mol. The van der Waals surface area contributed by atoms with Gasteiger partial charge < -0.3 is 5.11 Å². The molecule has 0 aliphatic heterocycles. The maximum Gasteiger partial charge on any atom is 0.416 e. The Hall–Kier alpha value is -2.84. The van der Waals surface area contributed by atoms with Gasteiger partial charge in [-0.25, -0.2) is 4.79 Å². The van der Waals surface area contributed by atoms with Crippen molar-refractivity contribution in [3.63, 3.8) is 0 Å². The summed E-state index contributed by atoms with van der Waals surface area (Å²) >= 11 is 0. The minimum Gasteiger partial charge on any atom is -0.494 e. The minimum atomic E-state index is -4.52. The predicted molar refractivity (Wildman–Crippen MR) is 98.4 cm³/mol. The normalized spacial score (nSPS) is 16.4. The highest BCUT2D eigenvalue weighted by Crippen LogP contribution is 2.32. The van der Waals surface area contributed by atoms with Crippen molar-refractivity contribution in [2.75, 3.05) is 0 Å². The molecule has 0 unspecified atom stereocenters. The molecule has 9 heteroatoms. The number of rotatable bonds is 3. The van der Waals surface area contributed by atoms with Gasteiger partial charge in [-0.3, -0.25) is 19.3 Å². The Morgan fingerprint density at radius 1 is 1.14 bits per heavy atom. The highest BCUT2D eigenvalue weighted by Gasteiger charge is 2.30. The molecule has 1 saturated carbocycles. The highest BCUT2D eigenvalue weighted by atomic mass is 19.4. The fourth-order valence-electron chi connectivity index (χ4n) is 3.42. The summed E-state index contributed by atoms with van der Waals surface area (Å²) in [7, 11) is 0. The molecule has 0 spiro atoms. The third-order valence-corrected chi connectivity index (χ3v) is 4.86. The largest absolute Gasteiger partial charge is 0.494 e. The van der Waals surface area contributed by atoms with Crippen LogP contribution in [0.5, 0.6) is 5.88 Å². The van der Waals surface area contributed by atoms with Crippen molar-refractivity contribution in [1.29, 1.82) is 0 Å². The average Bonchev–Trinajstić information content (AvgIpc) is 2.90. The Kier molecular flexibility index (Phi) is 5.71. The van der Waals surface area contributed by atoms with Crippen molar-refractivity contribution in [2.45, 2.75) is 50.7 Å². The van der Waals surface area contributed by atoms with E-state index in [9.17, 15) is 27.9 Å². The smallest absolute Gasteiger partial charge is 0.416 e. The van der Waals surface area contributed by atoms with Gasteiger partial charge in [0.2, 0.25) is 5.88 Å². The van der Waals surface area contributed by atoms with Crippen LogP contribution in [0.25, 0.3) is 0 Å². The number of aromatic amines is 1. The molecule has 1 aromatic heterocycles. The molecule has 2 N–H and O–H groups in total. The van der Waals surface area contributed by atoms with E-state index in [1.165, 1.54) is 12.1 Å². The van der Waals surface area contributed by atoms with Crippen LogP contribution in [-0.4, -0.2) is 20.9 Å². The van der Waals surface area contributed by atoms with E-state index < -0.39 is 28.9 Å². The minimum absolute atomic E-state index is 0.0270. The summed E-state index contributed by atoms with van der Waals surface area (Å²) < 4.78 is 39.6. The van der Waals surface area contributed by atoms with Gasteiger partial charge in [-0.2, -0.15) is 13.2 Å². The summed E-state index contributed by atoms with van der Waals surface area (Å²) in [5, 5.41) is 10.5. The standard InChI is InChI=1S/C19H20F3N3O3/c20-19(21,22)12-6-5-7-13(10-12)23-11-15-16(26)24-18(28)25(17(15)27)14-8-3-1-2-4-9-14/h5-7,10-11,14,27H,1-4,8-9H2,(H,24,26,28). The van der Waals surface area contributed by atoms with Crippen molar-refractivity contribution in [1.82, 2.24) is 9.55 Å². The lowest BCUT2D eigenvalue weighted by Gasteiger charge is -2.19. The van der Waals surface area contributed by atoms with Gasteiger partial charge in [0.1, 0.15) is 5.56 Å². The molecule has 1 fully saturated rings. The average molecular weight is 395 g/mol. The number of benzene rings is 1. The van der Waals surface area contributed by atoms with Crippen molar-refractivity contribution in [2.24, 2.45) is 4.99 Å². The fraction of sp³-hybridized carbons (Fsp3) is 0.421. The van der Waals surface area contributed by atoms with Crippen LogP contribution in [0.2, 0.25) is 0 Å².